The molecule has 0 bridgehead atoms. The molecule has 0 saturated heterocycles. The first kappa shape index (κ1) is 33.6. The van der Waals surface area contributed by atoms with E-state index >= 15 is 0 Å². The van der Waals surface area contributed by atoms with Gasteiger partial charge in [0, 0.05) is 33.2 Å². The normalized spacial score (nSPS) is 12.1. The number of methoxy groups -OCH3 is 2. The van der Waals surface area contributed by atoms with Crippen molar-refractivity contribution in [3.63, 3.8) is 0 Å². The standard InChI is InChI=1S/C6H8O4.C4H14O3Si4.CH9NSi2.Pt/c1-9-5(7)3-4-6(8)10-2;1-3-10(5-8)7-11(4-2)6-9;1-4-2-3;/h3-4H,1-2H3;3-4,10-11H,1-2H2,8-9H3;2H,4H2,1,3H3;/b4-3+;;;. The second kappa shape index (κ2) is 27.2. The van der Waals surface area contributed by atoms with Crippen LogP contribution in [0.25, 0.3) is 0 Å². The number of rotatable bonds is 9. The minimum Gasteiger partial charge on any atom is -0.466 e. The summed E-state index contributed by atoms with van der Waals surface area (Å²) in [5.41, 5.74) is 3.52. The van der Waals surface area contributed by atoms with Crippen LogP contribution in [0.15, 0.2) is 36.7 Å². The Morgan fingerprint density at radius 3 is 1.46 bits per heavy atom. The van der Waals surface area contributed by atoms with Crippen LogP contribution in [0.5, 0.6) is 0 Å². The molecule has 0 amide bonds. The Bertz CT molecular complexity index is 371. The van der Waals surface area contributed by atoms with Gasteiger partial charge in [0.05, 0.1) is 34.3 Å². The zero-order chi connectivity index (χ0) is 20.1. The summed E-state index contributed by atoms with van der Waals surface area (Å²) in [6.07, 6.45) is 1.98. The smallest absolute Gasteiger partial charge is 0.330 e. The van der Waals surface area contributed by atoms with Gasteiger partial charge in [0.15, 0.2) is 0 Å². The number of carbonyl (C=O) groups excluding carboxylic acids is 2. The fourth-order valence-corrected chi connectivity index (χ4v) is 7.19. The summed E-state index contributed by atoms with van der Waals surface area (Å²) in [5, 5.41) is 0. The quantitative estimate of drug-likeness (QED) is 0.151. The SMILES string of the molecule is C=C[SiH](O[SiH3])O[SiH](C=C)O[SiH3].COC(=O)/C=C/C(=O)OC.C[SiH2]N[SiH3].[Pt]. The summed E-state index contributed by atoms with van der Waals surface area (Å²) in [5.74, 6) is -1.16. The Labute approximate surface area is 185 Å². The average Bonchev–Trinajstić information content (AvgIpc) is 2.67. The molecule has 0 aromatic rings. The molecular weight excluding hydrogens is 622 g/mol. The number of carbonyl (C=O) groups is 2. The fraction of sp³-hybridized carbons (Fsp3) is 0.273. The van der Waals surface area contributed by atoms with Crippen molar-refractivity contribution in [2.45, 2.75) is 6.55 Å². The molecule has 0 aliphatic heterocycles. The molecule has 0 saturated carbocycles. The van der Waals surface area contributed by atoms with Gasteiger partial charge in [0.1, 0.15) is 21.0 Å². The Balaban J connectivity index is -0.000000150. The maximum absolute atomic E-state index is 10.3. The zero-order valence-corrected chi connectivity index (χ0v) is 28.3. The molecule has 1 N–H and O–H groups in total. The summed E-state index contributed by atoms with van der Waals surface area (Å²) < 4.78 is 27.5. The van der Waals surface area contributed by atoms with Crippen molar-refractivity contribution in [2.75, 3.05) is 14.2 Å². The van der Waals surface area contributed by atoms with E-state index in [0.29, 0.717) is 21.0 Å². The van der Waals surface area contributed by atoms with Gasteiger partial charge in [-0.3, -0.25) is 0 Å². The van der Waals surface area contributed by atoms with Crippen LogP contribution in [-0.2, 0) is 52.5 Å². The van der Waals surface area contributed by atoms with Gasteiger partial charge in [-0.2, -0.15) is 0 Å². The van der Waals surface area contributed by atoms with Crippen LogP contribution in [-0.4, -0.2) is 85.8 Å². The molecule has 0 radical (unpaired) electrons. The van der Waals surface area contributed by atoms with Crippen molar-refractivity contribution in [1.82, 2.24) is 4.65 Å². The minimum absolute atomic E-state index is 0. The third-order valence-corrected chi connectivity index (χ3v) is 11.7. The van der Waals surface area contributed by atoms with Gasteiger partial charge in [0.2, 0.25) is 0 Å². The summed E-state index contributed by atoms with van der Waals surface area (Å²) in [6, 6.07) is 0. The first-order valence-corrected chi connectivity index (χ1v) is 15.3. The van der Waals surface area contributed by atoms with Crippen LogP contribution >= 0.6 is 0 Å². The van der Waals surface area contributed by atoms with Crippen molar-refractivity contribution >= 4 is 71.6 Å². The summed E-state index contributed by atoms with van der Waals surface area (Å²) in [6.45, 7) is 9.51. The third kappa shape index (κ3) is 26.2. The van der Waals surface area contributed by atoms with Gasteiger partial charge in [0.25, 0.3) is 0 Å². The molecule has 0 spiro atoms. The van der Waals surface area contributed by atoms with Crippen LogP contribution in [0, 0.1) is 0 Å². The van der Waals surface area contributed by atoms with Crippen molar-refractivity contribution in [2.24, 2.45) is 0 Å². The molecule has 0 aromatic carbocycles. The predicted octanol–water partition coefficient (Wildman–Crippen LogP) is -4.64. The number of nitrogens with one attached hydrogen (secondary N) is 1. The van der Waals surface area contributed by atoms with E-state index in [9.17, 15) is 9.59 Å². The maximum atomic E-state index is 10.3. The molecule has 26 heavy (non-hydrogen) atoms. The van der Waals surface area contributed by atoms with Crippen LogP contribution in [0.3, 0.4) is 0 Å². The second-order valence-electron chi connectivity index (χ2n) is 3.90. The van der Waals surface area contributed by atoms with E-state index in [-0.39, 0.29) is 30.7 Å². The number of hydrogen-bond acceptors (Lipinski definition) is 8. The van der Waals surface area contributed by atoms with E-state index in [1.807, 2.05) is 0 Å². The molecule has 2 unspecified atom stereocenters. The molecular formula is C11H31NO7PtSi6. The van der Waals surface area contributed by atoms with Gasteiger partial charge in [-0.1, -0.05) is 17.9 Å². The van der Waals surface area contributed by atoms with E-state index < -0.39 is 30.5 Å². The summed E-state index contributed by atoms with van der Waals surface area (Å²) in [4.78, 5) is 20.6. The van der Waals surface area contributed by atoms with Crippen molar-refractivity contribution < 1.29 is 52.5 Å². The molecule has 0 fully saturated rings. The van der Waals surface area contributed by atoms with E-state index in [0.717, 1.165) is 12.2 Å². The summed E-state index contributed by atoms with van der Waals surface area (Å²) in [7, 11) is 2.15. The van der Waals surface area contributed by atoms with Gasteiger partial charge in [-0.25, -0.2) is 9.59 Å². The minimum atomic E-state index is -1.57. The molecule has 0 heterocycles. The van der Waals surface area contributed by atoms with Crippen molar-refractivity contribution in [1.29, 1.82) is 0 Å². The number of ether oxygens (including phenoxy) is 2. The van der Waals surface area contributed by atoms with Crippen LogP contribution in [0.4, 0.5) is 0 Å². The number of esters is 2. The topological polar surface area (TPSA) is 92.3 Å². The molecule has 0 aliphatic carbocycles. The maximum Gasteiger partial charge on any atom is 0.330 e. The molecule has 156 valence electrons. The molecule has 0 aromatic heterocycles. The first-order valence-electron chi connectivity index (χ1n) is 7.35. The first-order chi connectivity index (χ1) is 11.9. The Morgan fingerprint density at radius 1 is 1.00 bits per heavy atom. The zero-order valence-electron chi connectivity index (χ0n) is 16.3. The van der Waals surface area contributed by atoms with Gasteiger partial charge < -0.3 is 26.5 Å². The van der Waals surface area contributed by atoms with Gasteiger partial charge >= 0.3 is 30.5 Å². The Kier molecular flexibility index (Phi) is 35.1. The van der Waals surface area contributed by atoms with Crippen molar-refractivity contribution in [3.05, 3.63) is 36.7 Å². The van der Waals surface area contributed by atoms with Gasteiger partial charge in [-0.15, -0.1) is 13.2 Å². The molecule has 2 atom stereocenters. The van der Waals surface area contributed by atoms with E-state index in [1.54, 1.807) is 11.4 Å². The largest absolute Gasteiger partial charge is 0.466 e. The number of hydrogen-bond donors (Lipinski definition) is 1. The predicted molar refractivity (Wildman–Crippen MR) is 118 cm³/mol. The molecule has 0 aliphatic rings. The molecule has 8 nitrogen and oxygen atoms in total. The second-order valence-corrected chi connectivity index (χ2v) is 14.7. The van der Waals surface area contributed by atoms with Crippen molar-refractivity contribution in [3.8, 4) is 0 Å². The van der Waals surface area contributed by atoms with Crippen LogP contribution < -0.4 is 4.65 Å². The van der Waals surface area contributed by atoms with Gasteiger partial charge in [-0.05, 0) is 0 Å². The average molecular weight is 653 g/mol. The fourth-order valence-electron chi connectivity index (χ4n) is 0.819. The van der Waals surface area contributed by atoms with Crippen LogP contribution in [0.1, 0.15) is 0 Å². The van der Waals surface area contributed by atoms with Crippen LogP contribution in [0.2, 0.25) is 6.55 Å². The third-order valence-electron chi connectivity index (χ3n) is 2.23. The molecule has 0 rings (SSSR count). The molecule has 15 heteroatoms. The van der Waals surface area contributed by atoms with E-state index in [1.165, 1.54) is 24.6 Å². The summed E-state index contributed by atoms with van der Waals surface area (Å²) >= 11 is 0. The monoisotopic (exact) mass is 652 g/mol. The van der Waals surface area contributed by atoms with E-state index in [2.05, 4.69) is 33.8 Å². The Morgan fingerprint density at radius 2 is 1.31 bits per heavy atom. The van der Waals surface area contributed by atoms with E-state index in [4.69, 9.17) is 12.3 Å². The Hall–Kier alpha value is -0.0104.